The lowest BCUT2D eigenvalue weighted by atomic mass is 9.88. The van der Waals surface area contributed by atoms with Crippen LogP contribution in [0.4, 0.5) is 14.5 Å². The summed E-state index contributed by atoms with van der Waals surface area (Å²) < 4.78 is 31.6. The molecule has 5 heteroatoms. The predicted molar refractivity (Wildman–Crippen MR) is 109 cm³/mol. The third-order valence-electron chi connectivity index (χ3n) is 5.33. The molecular weight excluding hydrogens is 360 g/mol. The van der Waals surface area contributed by atoms with E-state index in [9.17, 15) is 13.6 Å². The Morgan fingerprint density at radius 1 is 1.14 bits per heavy atom. The molecule has 0 fully saturated rings. The van der Waals surface area contributed by atoms with Gasteiger partial charge in [0, 0.05) is 17.3 Å². The summed E-state index contributed by atoms with van der Waals surface area (Å²) in [5.74, 6) is -1.92. The Labute approximate surface area is 166 Å². The first-order valence-corrected chi connectivity index (χ1v) is 9.81. The zero-order valence-corrected chi connectivity index (χ0v) is 17.0. The van der Waals surface area contributed by atoms with Gasteiger partial charge in [-0.25, -0.2) is 13.6 Å². The number of nitrogens with one attached hydrogen (secondary N) is 1. The minimum atomic E-state index is -0.911. The number of carbonyl (C=O) groups is 1. The van der Waals surface area contributed by atoms with Crippen molar-refractivity contribution in [1.82, 2.24) is 0 Å². The number of hydrogen-bond donors (Lipinski definition) is 1. The molecule has 0 saturated carbocycles. The molecular formula is C23H29F2NO2. The minimum absolute atomic E-state index is 0.0251. The van der Waals surface area contributed by atoms with Crippen molar-refractivity contribution >= 4 is 11.7 Å². The molecule has 0 bridgehead atoms. The number of rotatable bonds is 9. The molecule has 0 aliphatic carbocycles. The highest BCUT2D eigenvalue weighted by atomic mass is 19.1. The van der Waals surface area contributed by atoms with E-state index in [2.05, 4.69) is 33.0 Å². The minimum Gasteiger partial charge on any atom is -0.420 e. The van der Waals surface area contributed by atoms with E-state index in [0.717, 1.165) is 37.1 Å². The molecule has 0 radical (unpaired) electrons. The summed E-state index contributed by atoms with van der Waals surface area (Å²) in [6, 6.07) is 9.73. The van der Waals surface area contributed by atoms with E-state index in [-0.39, 0.29) is 11.3 Å². The molecule has 0 spiro atoms. The van der Waals surface area contributed by atoms with Gasteiger partial charge in [0.05, 0.1) is 5.56 Å². The van der Waals surface area contributed by atoms with Crippen molar-refractivity contribution in [3.8, 4) is 5.75 Å². The van der Waals surface area contributed by atoms with Gasteiger partial charge in [0.2, 0.25) is 0 Å². The van der Waals surface area contributed by atoms with Crippen molar-refractivity contribution in [1.29, 1.82) is 0 Å². The van der Waals surface area contributed by atoms with E-state index in [1.165, 1.54) is 6.42 Å². The molecule has 2 aromatic carbocycles. The Balaban J connectivity index is 2.02. The lowest BCUT2D eigenvalue weighted by Crippen LogP contribution is -2.34. The van der Waals surface area contributed by atoms with Gasteiger partial charge in [-0.05, 0) is 68.5 Å². The normalized spacial score (nSPS) is 14.2. The van der Waals surface area contributed by atoms with E-state index >= 15 is 0 Å². The summed E-state index contributed by atoms with van der Waals surface area (Å²) in [6.07, 6.45) is 4.37. The lowest BCUT2D eigenvalue weighted by Gasteiger charge is -2.32. The molecule has 152 valence electrons. The van der Waals surface area contributed by atoms with Crippen LogP contribution in [0.15, 0.2) is 42.5 Å². The molecule has 28 heavy (non-hydrogen) atoms. The average Bonchev–Trinajstić information content (AvgIpc) is 2.68. The summed E-state index contributed by atoms with van der Waals surface area (Å²) in [6.45, 7) is 8.83. The second-order valence-electron chi connectivity index (χ2n) is 7.63. The molecule has 2 unspecified atom stereocenters. The van der Waals surface area contributed by atoms with Gasteiger partial charge in [-0.15, -0.1) is 0 Å². The summed E-state index contributed by atoms with van der Waals surface area (Å²) in [4.78, 5) is 12.2. The van der Waals surface area contributed by atoms with E-state index in [1.807, 2.05) is 12.1 Å². The van der Waals surface area contributed by atoms with Gasteiger partial charge in [-0.3, -0.25) is 0 Å². The van der Waals surface area contributed by atoms with Gasteiger partial charge in [-0.2, -0.15) is 0 Å². The van der Waals surface area contributed by atoms with Crippen LogP contribution in [-0.2, 0) is 0 Å². The van der Waals surface area contributed by atoms with Gasteiger partial charge < -0.3 is 10.1 Å². The van der Waals surface area contributed by atoms with Crippen molar-refractivity contribution in [3.63, 3.8) is 0 Å². The predicted octanol–water partition coefficient (Wildman–Crippen LogP) is 6.59. The number of anilines is 1. The molecule has 0 heterocycles. The second kappa shape index (κ2) is 9.67. The van der Waals surface area contributed by atoms with Gasteiger partial charge in [0.25, 0.3) is 0 Å². The fraction of sp³-hybridized carbons (Fsp3) is 0.435. The number of esters is 1. The molecule has 0 amide bonds. The summed E-state index contributed by atoms with van der Waals surface area (Å²) in [7, 11) is 0. The lowest BCUT2D eigenvalue weighted by molar-refractivity contribution is 0.0727. The monoisotopic (exact) mass is 389 g/mol. The van der Waals surface area contributed by atoms with Crippen LogP contribution in [0.1, 0.15) is 63.7 Å². The molecule has 0 aromatic heterocycles. The van der Waals surface area contributed by atoms with Crippen LogP contribution in [0.5, 0.6) is 5.75 Å². The van der Waals surface area contributed by atoms with Gasteiger partial charge in [0.1, 0.15) is 5.82 Å². The van der Waals surface area contributed by atoms with Crippen molar-refractivity contribution in [3.05, 3.63) is 59.7 Å². The highest BCUT2D eigenvalue weighted by Gasteiger charge is 2.22. The number of ether oxygens (including phenoxy) is 1. The first-order valence-electron chi connectivity index (χ1n) is 9.81. The topological polar surface area (TPSA) is 38.3 Å². The van der Waals surface area contributed by atoms with Crippen LogP contribution in [0.3, 0.4) is 0 Å². The zero-order valence-electron chi connectivity index (χ0n) is 17.0. The van der Waals surface area contributed by atoms with E-state index in [1.54, 1.807) is 12.1 Å². The molecule has 2 rings (SSSR count). The Bertz CT molecular complexity index is 792. The first kappa shape index (κ1) is 21.9. The quantitative estimate of drug-likeness (QED) is 0.388. The molecule has 2 atom stereocenters. The van der Waals surface area contributed by atoms with Crippen LogP contribution >= 0.6 is 0 Å². The molecule has 1 N–H and O–H groups in total. The average molecular weight is 389 g/mol. The summed E-state index contributed by atoms with van der Waals surface area (Å²) in [5, 5.41) is 3.56. The summed E-state index contributed by atoms with van der Waals surface area (Å²) >= 11 is 0. The standard InChI is InChI=1S/C23H29F2NO2/c1-5-16(3)13-14-23(4,6-2)26-19-10-7-17(8-11-19)22(27)28-21-12-9-18(24)15-20(21)25/h7-12,15-16,26H,5-6,13-14H2,1-4H3. The van der Waals surface area contributed by atoms with Crippen molar-refractivity contribution in [2.75, 3.05) is 5.32 Å². The van der Waals surface area contributed by atoms with E-state index < -0.39 is 17.6 Å². The molecule has 0 aliphatic rings. The number of benzene rings is 2. The maximum absolute atomic E-state index is 13.6. The van der Waals surface area contributed by atoms with Crippen molar-refractivity contribution in [2.24, 2.45) is 5.92 Å². The van der Waals surface area contributed by atoms with Crippen LogP contribution in [0.25, 0.3) is 0 Å². The summed E-state index contributed by atoms with van der Waals surface area (Å²) in [5.41, 5.74) is 1.19. The fourth-order valence-electron chi connectivity index (χ4n) is 2.85. The highest BCUT2D eigenvalue weighted by Crippen LogP contribution is 2.26. The van der Waals surface area contributed by atoms with Crippen LogP contribution in [-0.4, -0.2) is 11.5 Å². The van der Waals surface area contributed by atoms with Crippen LogP contribution in [0, 0.1) is 17.6 Å². The van der Waals surface area contributed by atoms with Gasteiger partial charge in [-0.1, -0.05) is 27.2 Å². The molecule has 2 aromatic rings. The maximum atomic E-state index is 13.6. The number of carbonyl (C=O) groups excluding carboxylic acids is 1. The second-order valence-corrected chi connectivity index (χ2v) is 7.63. The highest BCUT2D eigenvalue weighted by molar-refractivity contribution is 5.91. The largest absolute Gasteiger partial charge is 0.420 e. The van der Waals surface area contributed by atoms with E-state index in [4.69, 9.17) is 4.74 Å². The first-order chi connectivity index (χ1) is 13.3. The number of hydrogen-bond acceptors (Lipinski definition) is 3. The Hall–Kier alpha value is -2.43. The maximum Gasteiger partial charge on any atom is 0.343 e. The zero-order chi connectivity index (χ0) is 20.7. The Morgan fingerprint density at radius 3 is 2.39 bits per heavy atom. The third-order valence-corrected chi connectivity index (χ3v) is 5.33. The van der Waals surface area contributed by atoms with Gasteiger partial charge in [0.15, 0.2) is 11.6 Å². The van der Waals surface area contributed by atoms with Crippen LogP contribution < -0.4 is 10.1 Å². The Morgan fingerprint density at radius 2 is 1.82 bits per heavy atom. The molecule has 3 nitrogen and oxygen atoms in total. The van der Waals surface area contributed by atoms with Crippen molar-refractivity contribution < 1.29 is 18.3 Å². The van der Waals surface area contributed by atoms with E-state index in [0.29, 0.717) is 17.5 Å². The van der Waals surface area contributed by atoms with Crippen LogP contribution in [0.2, 0.25) is 0 Å². The fourth-order valence-corrected chi connectivity index (χ4v) is 2.85. The smallest absolute Gasteiger partial charge is 0.343 e. The van der Waals surface area contributed by atoms with Crippen molar-refractivity contribution in [2.45, 2.75) is 58.9 Å². The molecule has 0 saturated heterocycles. The Kier molecular flexibility index (Phi) is 7.55. The molecule has 0 aliphatic heterocycles. The third kappa shape index (κ3) is 6.04. The van der Waals surface area contributed by atoms with Gasteiger partial charge >= 0.3 is 5.97 Å². The number of halogens is 2. The SMILES string of the molecule is CCC(C)CCC(C)(CC)Nc1ccc(C(=O)Oc2ccc(F)cc2F)cc1.